The average molecular weight is 637 g/mol. The maximum atomic E-state index is 14.0. The van der Waals surface area contributed by atoms with Crippen LogP contribution in [0.2, 0.25) is 0 Å². The Kier molecular flexibility index (Phi) is 11.1. The Balaban J connectivity index is 1.44. The third kappa shape index (κ3) is 8.80. The van der Waals surface area contributed by atoms with Gasteiger partial charge >= 0.3 is 6.03 Å². The van der Waals surface area contributed by atoms with E-state index in [4.69, 9.17) is 0 Å². The Bertz CT molecular complexity index is 1130. The zero-order valence-electron chi connectivity index (χ0n) is 26.6. The van der Waals surface area contributed by atoms with Gasteiger partial charge in [0, 0.05) is 17.8 Å². The number of hydrogen-bond donors (Lipinski definition) is 4. The molecule has 248 valence electrons. The summed E-state index contributed by atoms with van der Waals surface area (Å²) in [6.45, 7) is 7.35. The van der Waals surface area contributed by atoms with Crippen LogP contribution in [0.4, 0.5) is 4.79 Å². The van der Waals surface area contributed by atoms with Gasteiger partial charge in [-0.1, -0.05) is 64.0 Å². The molecule has 0 bridgehead atoms. The molecule has 0 aromatic carbocycles. The van der Waals surface area contributed by atoms with E-state index in [0.717, 1.165) is 51.4 Å². The fraction of sp³-hybridized carbons (Fsp3) is 0.839. The van der Waals surface area contributed by atoms with E-state index in [1.54, 1.807) is 6.92 Å². The van der Waals surface area contributed by atoms with E-state index >= 15 is 0 Å². The van der Waals surface area contributed by atoms with Crippen molar-refractivity contribution in [3.8, 4) is 0 Å². The minimum atomic E-state index is -2.39. The summed E-state index contributed by atoms with van der Waals surface area (Å²) in [5, 5.41) is 10.5. The first kappa shape index (κ1) is 34.3. The minimum Gasteiger partial charge on any atom is -0.772 e. The summed E-state index contributed by atoms with van der Waals surface area (Å²) in [4.78, 5) is 68.0. The van der Waals surface area contributed by atoms with Gasteiger partial charge < -0.3 is 30.7 Å². The lowest BCUT2D eigenvalue weighted by molar-refractivity contribution is -0.143. The molecule has 5 unspecified atom stereocenters. The van der Waals surface area contributed by atoms with Crippen LogP contribution in [0.3, 0.4) is 0 Å². The van der Waals surface area contributed by atoms with E-state index in [1.165, 1.54) is 4.90 Å². The second kappa shape index (κ2) is 14.3. The lowest BCUT2D eigenvalue weighted by Crippen LogP contribution is -2.64. The number of Topliss-reactive ketones (excluding diaryl/α,β-unsaturated/α-hetero) is 1. The standard InChI is InChI=1S/C31H51N5O7S/c1-19(44(42)43)31(16-6-5-7-17-31)35-29(41)34-25(30(2,3)4)28(40)36-18-8-9-23(36)26(38)33-22(15-12-20-10-11-20)24(37)27(39)32-21-13-14-21/h19-23,25H,5-18H2,1-4H3,(H,32,39)(H,33,38)(H,42,43)(H2,34,35,41)/p-1. The Hall–Kier alpha value is -2.54. The van der Waals surface area contributed by atoms with Crippen LogP contribution in [-0.2, 0) is 30.3 Å². The largest absolute Gasteiger partial charge is 0.772 e. The SMILES string of the molecule is CC(S(=O)[O-])C1(NC(=O)NC(C(=O)N2CCCC2C(=O)NC(CCC2CC2)C(=O)C(=O)NC2CC2)C(C)(C)C)CCCCC1. The summed E-state index contributed by atoms with van der Waals surface area (Å²) in [6, 6.07) is -3.40. The van der Waals surface area contributed by atoms with Gasteiger partial charge in [0.1, 0.15) is 12.1 Å². The third-order valence-corrected chi connectivity index (χ3v) is 10.8. The van der Waals surface area contributed by atoms with Crippen LogP contribution in [0, 0.1) is 11.3 Å². The number of amides is 5. The van der Waals surface area contributed by atoms with E-state index in [2.05, 4.69) is 21.3 Å². The molecule has 5 atom stereocenters. The number of carbonyl (C=O) groups is 5. The second-order valence-corrected chi connectivity index (χ2v) is 15.6. The smallest absolute Gasteiger partial charge is 0.315 e. The first-order valence-electron chi connectivity index (χ1n) is 16.3. The van der Waals surface area contributed by atoms with E-state index in [0.29, 0.717) is 44.6 Å². The molecule has 1 heterocycles. The fourth-order valence-electron chi connectivity index (χ4n) is 6.50. The van der Waals surface area contributed by atoms with Gasteiger partial charge in [-0.3, -0.25) is 23.4 Å². The molecule has 4 rings (SSSR count). The fourth-order valence-corrected chi connectivity index (χ4v) is 7.16. The van der Waals surface area contributed by atoms with Gasteiger partial charge in [-0.15, -0.1) is 0 Å². The summed E-state index contributed by atoms with van der Waals surface area (Å²) in [5.41, 5.74) is -1.65. The van der Waals surface area contributed by atoms with Gasteiger partial charge in [0.25, 0.3) is 5.91 Å². The molecule has 0 aromatic heterocycles. The van der Waals surface area contributed by atoms with Gasteiger partial charge in [0.05, 0.1) is 11.6 Å². The molecule has 0 radical (unpaired) electrons. The molecule has 13 heteroatoms. The highest BCUT2D eigenvalue weighted by atomic mass is 32.2. The summed E-state index contributed by atoms with van der Waals surface area (Å²) in [6.07, 6.45) is 9.53. The maximum absolute atomic E-state index is 14.0. The highest BCUT2D eigenvalue weighted by Crippen LogP contribution is 2.35. The van der Waals surface area contributed by atoms with Gasteiger partial charge in [-0.2, -0.15) is 0 Å². The topological polar surface area (TPSA) is 177 Å². The quantitative estimate of drug-likeness (QED) is 0.177. The number of hydrogen-bond acceptors (Lipinski definition) is 7. The Morgan fingerprint density at radius 2 is 1.61 bits per heavy atom. The molecule has 4 fully saturated rings. The predicted octanol–water partition coefficient (Wildman–Crippen LogP) is 2.18. The maximum Gasteiger partial charge on any atom is 0.315 e. The van der Waals surface area contributed by atoms with Crippen LogP contribution in [0.15, 0.2) is 0 Å². The van der Waals surface area contributed by atoms with Crippen molar-refractivity contribution in [3.05, 3.63) is 0 Å². The highest BCUT2D eigenvalue weighted by molar-refractivity contribution is 7.79. The van der Waals surface area contributed by atoms with E-state index in [-0.39, 0.29) is 6.04 Å². The molecule has 12 nitrogen and oxygen atoms in total. The van der Waals surface area contributed by atoms with Crippen LogP contribution in [0.25, 0.3) is 0 Å². The molecular formula is C31H50N5O7S-. The van der Waals surface area contributed by atoms with E-state index in [1.807, 2.05) is 20.8 Å². The molecule has 1 aliphatic heterocycles. The molecule has 4 aliphatic rings. The van der Waals surface area contributed by atoms with Crippen LogP contribution >= 0.6 is 0 Å². The summed E-state index contributed by atoms with van der Waals surface area (Å²) >= 11 is -2.39. The number of nitrogens with zero attached hydrogens (tertiary/aromatic N) is 1. The lowest BCUT2D eigenvalue weighted by Gasteiger charge is -2.44. The number of carbonyl (C=O) groups excluding carboxylic acids is 5. The van der Waals surface area contributed by atoms with Gasteiger partial charge in [-0.25, -0.2) is 4.79 Å². The molecule has 44 heavy (non-hydrogen) atoms. The first-order chi connectivity index (χ1) is 20.7. The first-order valence-corrected chi connectivity index (χ1v) is 17.5. The predicted molar refractivity (Wildman–Crippen MR) is 164 cm³/mol. The van der Waals surface area contributed by atoms with Crippen molar-refractivity contribution >= 4 is 40.6 Å². The van der Waals surface area contributed by atoms with Crippen LogP contribution in [-0.4, -0.2) is 84.7 Å². The van der Waals surface area contributed by atoms with Crippen LogP contribution < -0.4 is 21.3 Å². The minimum absolute atomic E-state index is 0.0202. The van der Waals surface area contributed by atoms with Crippen molar-refractivity contribution < 1.29 is 32.7 Å². The Morgan fingerprint density at radius 3 is 2.18 bits per heavy atom. The van der Waals surface area contributed by atoms with Gasteiger partial charge in [0.2, 0.25) is 17.6 Å². The number of rotatable bonds is 13. The molecule has 1 saturated heterocycles. The molecule has 5 amide bonds. The Labute approximate surface area is 263 Å². The number of ketones is 1. The van der Waals surface area contributed by atoms with Crippen molar-refractivity contribution in [3.63, 3.8) is 0 Å². The van der Waals surface area contributed by atoms with Crippen LogP contribution in [0.5, 0.6) is 0 Å². The number of nitrogens with one attached hydrogen (secondary N) is 4. The molecule has 4 N–H and O–H groups in total. The van der Waals surface area contributed by atoms with Crippen molar-refractivity contribution in [1.29, 1.82) is 0 Å². The van der Waals surface area contributed by atoms with E-state index in [9.17, 15) is 32.7 Å². The number of urea groups is 1. The van der Waals surface area contributed by atoms with Crippen LogP contribution in [0.1, 0.15) is 111 Å². The second-order valence-electron chi connectivity index (χ2n) is 14.4. The van der Waals surface area contributed by atoms with Gasteiger partial charge in [-0.05, 0) is 69.6 Å². The molecule has 0 spiro atoms. The van der Waals surface area contributed by atoms with Crippen molar-refractivity contribution in [2.75, 3.05) is 6.54 Å². The highest BCUT2D eigenvalue weighted by Gasteiger charge is 2.45. The van der Waals surface area contributed by atoms with E-state index < -0.39 is 74.9 Å². The molecule has 0 aromatic rings. The summed E-state index contributed by atoms with van der Waals surface area (Å²) in [7, 11) is 0. The zero-order valence-corrected chi connectivity index (χ0v) is 27.4. The normalized spacial score (nSPS) is 24.4. The van der Waals surface area contributed by atoms with Crippen molar-refractivity contribution in [2.45, 2.75) is 146 Å². The monoisotopic (exact) mass is 636 g/mol. The van der Waals surface area contributed by atoms with Gasteiger partial charge in [0.15, 0.2) is 0 Å². The number of likely N-dealkylation sites (tertiary alicyclic amines) is 1. The average Bonchev–Trinajstić information content (AvgIpc) is 3.91. The third-order valence-electron chi connectivity index (χ3n) is 9.73. The Morgan fingerprint density at radius 1 is 0.955 bits per heavy atom. The summed E-state index contributed by atoms with van der Waals surface area (Å²) < 4.78 is 23.8. The molecule has 3 aliphatic carbocycles. The molecule has 3 saturated carbocycles. The zero-order chi connectivity index (χ0) is 32.2. The molecular weight excluding hydrogens is 586 g/mol. The van der Waals surface area contributed by atoms with Crippen molar-refractivity contribution in [2.24, 2.45) is 11.3 Å². The van der Waals surface area contributed by atoms with Crippen molar-refractivity contribution in [1.82, 2.24) is 26.2 Å². The lowest BCUT2D eigenvalue weighted by atomic mass is 9.79. The summed E-state index contributed by atoms with van der Waals surface area (Å²) in [5.74, 6) is -1.73.